The van der Waals surface area contributed by atoms with Crippen LogP contribution in [0, 0.1) is 11.6 Å². The molecule has 0 saturated carbocycles. The third kappa shape index (κ3) is 3.84. The summed E-state index contributed by atoms with van der Waals surface area (Å²) in [6, 6.07) is 2.44. The number of carbonyl (C=O) groups excluding carboxylic acids is 1. The molecule has 2 N–H and O–H groups in total. The number of carbonyl (C=O) groups is 1. The van der Waals surface area contributed by atoms with Crippen molar-refractivity contribution in [2.45, 2.75) is 26.3 Å². The molecular weight excluding hydrogens is 214 g/mol. The molecule has 1 rings (SSSR count). The fraction of sp³-hybridized carbons (Fsp3) is 0.364. The maximum atomic E-state index is 13.2. The van der Waals surface area contributed by atoms with Gasteiger partial charge >= 0.3 is 6.03 Å². The Balaban J connectivity index is 2.70. The van der Waals surface area contributed by atoms with Crippen molar-refractivity contribution in [2.75, 3.05) is 5.32 Å². The minimum atomic E-state index is -0.802. The van der Waals surface area contributed by atoms with Crippen molar-refractivity contribution in [3.8, 4) is 0 Å². The molecule has 0 aromatic heterocycles. The van der Waals surface area contributed by atoms with Gasteiger partial charge in [0.1, 0.15) is 11.6 Å². The zero-order valence-electron chi connectivity index (χ0n) is 9.40. The molecule has 88 valence electrons. The van der Waals surface area contributed by atoms with Gasteiger partial charge in [0, 0.05) is 11.6 Å². The Bertz CT molecular complexity index is 399. The SMILES string of the molecule is CC(C)(C)NC(=O)Nc1ccc(F)cc1F. The quantitative estimate of drug-likeness (QED) is 0.762. The second-order valence-electron chi connectivity index (χ2n) is 4.45. The lowest BCUT2D eigenvalue weighted by atomic mass is 10.1. The number of urea groups is 1. The number of nitrogens with one attached hydrogen (secondary N) is 2. The highest BCUT2D eigenvalue weighted by atomic mass is 19.1. The maximum absolute atomic E-state index is 13.2. The molecule has 0 spiro atoms. The number of rotatable bonds is 1. The van der Waals surface area contributed by atoms with Crippen LogP contribution >= 0.6 is 0 Å². The molecule has 0 bridgehead atoms. The largest absolute Gasteiger partial charge is 0.333 e. The Kier molecular flexibility index (Phi) is 3.47. The van der Waals surface area contributed by atoms with Gasteiger partial charge in [-0.15, -0.1) is 0 Å². The number of hydrogen-bond acceptors (Lipinski definition) is 1. The van der Waals surface area contributed by atoms with Crippen LogP contribution in [0.5, 0.6) is 0 Å². The first-order valence-corrected chi connectivity index (χ1v) is 4.82. The molecular formula is C11H14F2N2O. The summed E-state index contributed by atoms with van der Waals surface area (Å²) in [7, 11) is 0. The summed E-state index contributed by atoms with van der Waals surface area (Å²) >= 11 is 0. The lowest BCUT2D eigenvalue weighted by Gasteiger charge is -2.20. The summed E-state index contributed by atoms with van der Waals surface area (Å²) in [5.74, 6) is -1.48. The molecule has 0 heterocycles. The molecule has 0 radical (unpaired) electrons. The average Bonchev–Trinajstić information content (AvgIpc) is 2.06. The first-order chi connectivity index (χ1) is 7.28. The van der Waals surface area contributed by atoms with E-state index in [0.29, 0.717) is 6.07 Å². The van der Waals surface area contributed by atoms with Crippen LogP contribution in [0.15, 0.2) is 18.2 Å². The molecule has 1 aromatic carbocycles. The van der Waals surface area contributed by atoms with Crippen LogP contribution in [-0.2, 0) is 0 Å². The summed E-state index contributed by atoms with van der Waals surface area (Å²) in [5, 5.41) is 4.90. The number of halogens is 2. The van der Waals surface area contributed by atoms with Crippen molar-refractivity contribution in [1.82, 2.24) is 5.32 Å². The molecule has 2 amide bonds. The van der Waals surface area contributed by atoms with Crippen LogP contribution in [-0.4, -0.2) is 11.6 Å². The molecule has 0 saturated heterocycles. The number of anilines is 1. The van der Waals surface area contributed by atoms with E-state index in [0.717, 1.165) is 6.07 Å². The lowest BCUT2D eigenvalue weighted by Crippen LogP contribution is -2.43. The van der Waals surface area contributed by atoms with E-state index in [1.165, 1.54) is 6.07 Å². The smallest absolute Gasteiger partial charge is 0.319 e. The van der Waals surface area contributed by atoms with E-state index in [1.807, 2.05) is 0 Å². The van der Waals surface area contributed by atoms with Gasteiger partial charge in [0.2, 0.25) is 0 Å². The van der Waals surface area contributed by atoms with Crippen molar-refractivity contribution in [3.05, 3.63) is 29.8 Å². The van der Waals surface area contributed by atoms with Crippen LogP contribution in [0.4, 0.5) is 19.3 Å². The second-order valence-corrected chi connectivity index (χ2v) is 4.45. The average molecular weight is 228 g/mol. The van der Waals surface area contributed by atoms with E-state index in [1.54, 1.807) is 20.8 Å². The minimum Gasteiger partial charge on any atom is -0.333 e. The molecule has 1 aromatic rings. The van der Waals surface area contributed by atoms with Crippen molar-refractivity contribution >= 4 is 11.7 Å². The van der Waals surface area contributed by atoms with E-state index in [9.17, 15) is 13.6 Å². The first-order valence-electron chi connectivity index (χ1n) is 4.82. The first kappa shape index (κ1) is 12.4. The number of amides is 2. The van der Waals surface area contributed by atoms with E-state index in [4.69, 9.17) is 0 Å². The van der Waals surface area contributed by atoms with Gasteiger partial charge in [0.25, 0.3) is 0 Å². The van der Waals surface area contributed by atoms with Crippen LogP contribution in [0.3, 0.4) is 0 Å². The minimum absolute atomic E-state index is 0.0526. The highest BCUT2D eigenvalue weighted by Gasteiger charge is 2.14. The Morgan fingerprint density at radius 1 is 1.25 bits per heavy atom. The predicted octanol–water partition coefficient (Wildman–Crippen LogP) is 2.88. The standard InChI is InChI=1S/C11H14F2N2O/c1-11(2,3)15-10(16)14-9-5-4-7(12)6-8(9)13/h4-6H,1-3H3,(H2,14,15,16). The summed E-state index contributed by atoms with van der Waals surface area (Å²) in [6.45, 7) is 5.40. The topological polar surface area (TPSA) is 41.1 Å². The highest BCUT2D eigenvalue weighted by Crippen LogP contribution is 2.14. The summed E-state index contributed by atoms with van der Waals surface area (Å²) in [5.41, 5.74) is -0.469. The molecule has 0 aliphatic carbocycles. The fourth-order valence-corrected chi connectivity index (χ4v) is 1.09. The van der Waals surface area contributed by atoms with Crippen molar-refractivity contribution in [1.29, 1.82) is 0 Å². The monoisotopic (exact) mass is 228 g/mol. The summed E-state index contributed by atoms with van der Waals surface area (Å²) in [6.07, 6.45) is 0. The molecule has 0 aliphatic rings. The van der Waals surface area contributed by atoms with E-state index < -0.39 is 23.2 Å². The Morgan fingerprint density at radius 2 is 1.88 bits per heavy atom. The van der Waals surface area contributed by atoms with Crippen LogP contribution < -0.4 is 10.6 Å². The van der Waals surface area contributed by atoms with Crippen LogP contribution in [0.1, 0.15) is 20.8 Å². The Morgan fingerprint density at radius 3 is 2.38 bits per heavy atom. The summed E-state index contributed by atoms with van der Waals surface area (Å²) in [4.78, 5) is 11.4. The molecule has 5 heteroatoms. The van der Waals surface area contributed by atoms with E-state index in [-0.39, 0.29) is 5.69 Å². The third-order valence-corrected chi connectivity index (χ3v) is 1.67. The van der Waals surface area contributed by atoms with Gasteiger partial charge < -0.3 is 10.6 Å². The van der Waals surface area contributed by atoms with Crippen molar-refractivity contribution in [2.24, 2.45) is 0 Å². The lowest BCUT2D eigenvalue weighted by molar-refractivity contribution is 0.243. The van der Waals surface area contributed by atoms with Gasteiger partial charge in [-0.1, -0.05) is 0 Å². The van der Waals surface area contributed by atoms with E-state index in [2.05, 4.69) is 10.6 Å². The zero-order valence-corrected chi connectivity index (χ0v) is 9.40. The third-order valence-electron chi connectivity index (χ3n) is 1.67. The second kappa shape index (κ2) is 4.47. The molecule has 0 atom stereocenters. The zero-order chi connectivity index (χ0) is 12.3. The van der Waals surface area contributed by atoms with Gasteiger partial charge in [-0.3, -0.25) is 0 Å². The van der Waals surface area contributed by atoms with Gasteiger partial charge in [0.15, 0.2) is 0 Å². The highest BCUT2D eigenvalue weighted by molar-refractivity contribution is 5.89. The van der Waals surface area contributed by atoms with Crippen LogP contribution in [0.2, 0.25) is 0 Å². The normalized spacial score (nSPS) is 11.1. The Hall–Kier alpha value is -1.65. The Labute approximate surface area is 92.8 Å². The molecule has 0 aliphatic heterocycles. The van der Waals surface area contributed by atoms with Gasteiger partial charge in [0.05, 0.1) is 5.69 Å². The van der Waals surface area contributed by atoms with Gasteiger partial charge in [-0.05, 0) is 32.9 Å². The molecule has 3 nitrogen and oxygen atoms in total. The fourth-order valence-electron chi connectivity index (χ4n) is 1.09. The molecule has 16 heavy (non-hydrogen) atoms. The van der Waals surface area contributed by atoms with E-state index >= 15 is 0 Å². The summed E-state index contributed by atoms with van der Waals surface area (Å²) < 4.78 is 25.7. The number of hydrogen-bond donors (Lipinski definition) is 2. The van der Waals surface area contributed by atoms with Crippen molar-refractivity contribution in [3.63, 3.8) is 0 Å². The maximum Gasteiger partial charge on any atom is 0.319 e. The molecule has 0 unspecified atom stereocenters. The number of benzene rings is 1. The van der Waals surface area contributed by atoms with Crippen LogP contribution in [0.25, 0.3) is 0 Å². The van der Waals surface area contributed by atoms with Gasteiger partial charge in [-0.25, -0.2) is 13.6 Å². The van der Waals surface area contributed by atoms with Gasteiger partial charge in [-0.2, -0.15) is 0 Å². The predicted molar refractivity (Wildman–Crippen MR) is 58.3 cm³/mol. The molecule has 0 fully saturated rings. The van der Waals surface area contributed by atoms with Crippen molar-refractivity contribution < 1.29 is 13.6 Å².